The predicted molar refractivity (Wildman–Crippen MR) is 111 cm³/mol. The molecule has 1 fully saturated rings. The molecule has 0 unspecified atom stereocenters. The molecule has 154 valence electrons. The third kappa shape index (κ3) is 2.44. The lowest BCUT2D eigenvalue weighted by Crippen LogP contribution is -2.47. The van der Waals surface area contributed by atoms with E-state index in [1.54, 1.807) is 0 Å². The Labute approximate surface area is 176 Å². The number of carbonyl (C=O) groups excluding carboxylic acids is 3. The van der Waals surface area contributed by atoms with Crippen LogP contribution in [0.1, 0.15) is 54.4 Å². The van der Waals surface area contributed by atoms with Crippen molar-refractivity contribution in [1.82, 2.24) is 4.90 Å². The lowest BCUT2D eigenvalue weighted by molar-refractivity contribution is -0.157. The second kappa shape index (κ2) is 6.79. The van der Waals surface area contributed by atoms with Crippen LogP contribution in [0, 0.1) is 17.8 Å². The second-order valence-electron chi connectivity index (χ2n) is 8.98. The number of hydrogen-bond acceptors (Lipinski definition) is 4. The van der Waals surface area contributed by atoms with Gasteiger partial charge in [-0.2, -0.15) is 0 Å². The van der Waals surface area contributed by atoms with Crippen LogP contribution in [-0.4, -0.2) is 35.8 Å². The fourth-order valence-corrected chi connectivity index (χ4v) is 5.90. The number of esters is 1. The average molecular weight is 403 g/mol. The van der Waals surface area contributed by atoms with E-state index in [1.807, 2.05) is 38.1 Å². The molecule has 2 aromatic carbocycles. The third-order valence-corrected chi connectivity index (χ3v) is 6.96. The van der Waals surface area contributed by atoms with Crippen LogP contribution < -0.4 is 0 Å². The summed E-state index contributed by atoms with van der Waals surface area (Å²) in [5.41, 5.74) is 4.51. The first-order chi connectivity index (χ1) is 14.5. The third-order valence-electron chi connectivity index (χ3n) is 6.96. The number of likely N-dealkylation sites (tertiary alicyclic amines) is 1. The number of nitrogens with zero attached hydrogens (tertiary/aromatic N) is 1. The van der Waals surface area contributed by atoms with E-state index in [-0.39, 0.29) is 29.6 Å². The summed E-state index contributed by atoms with van der Waals surface area (Å²) >= 11 is 0. The van der Waals surface area contributed by atoms with E-state index < -0.39 is 23.8 Å². The average Bonchev–Trinajstić information content (AvgIpc) is 3.02. The summed E-state index contributed by atoms with van der Waals surface area (Å²) < 4.78 is 4.98. The molecule has 1 saturated heterocycles. The molecule has 3 atom stereocenters. The highest BCUT2D eigenvalue weighted by molar-refractivity contribution is 6.10. The molecule has 2 bridgehead atoms. The van der Waals surface area contributed by atoms with Crippen molar-refractivity contribution in [3.63, 3.8) is 0 Å². The van der Waals surface area contributed by atoms with E-state index >= 15 is 0 Å². The van der Waals surface area contributed by atoms with Crippen LogP contribution >= 0.6 is 0 Å². The van der Waals surface area contributed by atoms with Crippen LogP contribution in [-0.2, 0) is 19.1 Å². The Morgan fingerprint density at radius 3 is 1.60 bits per heavy atom. The molecule has 4 aliphatic rings. The van der Waals surface area contributed by atoms with E-state index in [4.69, 9.17) is 4.74 Å². The summed E-state index contributed by atoms with van der Waals surface area (Å²) in [6.45, 7) is 3.95. The fourth-order valence-electron chi connectivity index (χ4n) is 5.90. The van der Waals surface area contributed by atoms with Crippen LogP contribution in [0.4, 0.5) is 0 Å². The minimum atomic E-state index is -0.869. The maximum absolute atomic E-state index is 13.7. The van der Waals surface area contributed by atoms with Gasteiger partial charge in [-0.1, -0.05) is 62.4 Å². The van der Waals surface area contributed by atoms with E-state index in [1.165, 1.54) is 12.0 Å². The maximum atomic E-state index is 13.7. The predicted octanol–water partition coefficient (Wildman–Crippen LogP) is 3.47. The Kier molecular flexibility index (Phi) is 4.31. The van der Waals surface area contributed by atoms with Crippen molar-refractivity contribution >= 4 is 17.8 Å². The summed E-state index contributed by atoms with van der Waals surface area (Å²) in [6.07, 6.45) is 0.402. The maximum Gasteiger partial charge on any atom is 0.329 e. The van der Waals surface area contributed by atoms with Gasteiger partial charge in [-0.25, -0.2) is 4.79 Å². The van der Waals surface area contributed by atoms with E-state index in [9.17, 15) is 14.4 Å². The van der Waals surface area contributed by atoms with Crippen molar-refractivity contribution in [2.75, 3.05) is 7.11 Å². The Morgan fingerprint density at radius 2 is 1.27 bits per heavy atom. The molecule has 6 rings (SSSR count). The van der Waals surface area contributed by atoms with E-state index in [2.05, 4.69) is 24.3 Å². The van der Waals surface area contributed by atoms with Gasteiger partial charge in [-0.3, -0.25) is 14.5 Å². The molecular weight excluding hydrogens is 378 g/mol. The van der Waals surface area contributed by atoms with Crippen molar-refractivity contribution < 1.29 is 19.1 Å². The van der Waals surface area contributed by atoms with Crippen molar-refractivity contribution in [2.24, 2.45) is 17.8 Å². The largest absolute Gasteiger partial charge is 0.467 e. The SMILES string of the molecule is COC(=O)[C@@H](CC(C)C)N1C(=O)[C@H]2C3c4ccccc4C(c4ccccc43)[C@@H]2C1=O. The summed E-state index contributed by atoms with van der Waals surface area (Å²) in [4.78, 5) is 41.2. The molecule has 0 radical (unpaired) electrons. The zero-order valence-electron chi connectivity index (χ0n) is 17.4. The van der Waals surface area contributed by atoms with Gasteiger partial charge in [0.2, 0.25) is 11.8 Å². The molecule has 0 N–H and O–H groups in total. The Morgan fingerprint density at radius 1 is 0.867 bits per heavy atom. The summed E-state index contributed by atoms with van der Waals surface area (Å²) in [6, 6.07) is 15.4. The molecule has 2 aromatic rings. The zero-order chi connectivity index (χ0) is 21.2. The Balaban J connectivity index is 1.66. The van der Waals surface area contributed by atoms with Gasteiger partial charge >= 0.3 is 5.97 Å². The molecule has 0 spiro atoms. The lowest BCUT2D eigenvalue weighted by atomic mass is 9.55. The number of ether oxygens (including phenoxy) is 1. The van der Waals surface area contributed by atoms with Crippen LogP contribution in [0.25, 0.3) is 0 Å². The number of imide groups is 1. The first kappa shape index (κ1) is 19.0. The van der Waals surface area contributed by atoms with Gasteiger partial charge < -0.3 is 4.74 Å². The number of rotatable bonds is 4. The first-order valence-electron chi connectivity index (χ1n) is 10.6. The number of hydrogen-bond donors (Lipinski definition) is 0. The van der Waals surface area contributed by atoms with Gasteiger partial charge in [-0.15, -0.1) is 0 Å². The van der Waals surface area contributed by atoms with Gasteiger partial charge in [0.1, 0.15) is 6.04 Å². The van der Waals surface area contributed by atoms with Crippen LogP contribution in [0.2, 0.25) is 0 Å². The summed E-state index contributed by atoms with van der Waals surface area (Å²) in [5.74, 6) is -2.11. The molecule has 2 amide bonds. The second-order valence-corrected chi connectivity index (χ2v) is 8.98. The molecule has 1 heterocycles. The topological polar surface area (TPSA) is 63.7 Å². The molecule has 30 heavy (non-hydrogen) atoms. The molecule has 0 aromatic heterocycles. The number of carbonyl (C=O) groups is 3. The highest BCUT2D eigenvalue weighted by atomic mass is 16.5. The van der Waals surface area contributed by atoms with E-state index in [0.717, 1.165) is 22.3 Å². The van der Waals surface area contributed by atoms with Crippen molar-refractivity contribution in [1.29, 1.82) is 0 Å². The quantitative estimate of drug-likeness (QED) is 0.579. The smallest absolute Gasteiger partial charge is 0.329 e. The lowest BCUT2D eigenvalue weighted by Gasteiger charge is -2.45. The number of methoxy groups -OCH3 is 1. The van der Waals surface area contributed by atoms with E-state index in [0.29, 0.717) is 6.42 Å². The molecule has 5 heteroatoms. The molecule has 3 aliphatic carbocycles. The van der Waals surface area contributed by atoms with Crippen molar-refractivity contribution in [3.05, 3.63) is 70.8 Å². The van der Waals surface area contributed by atoms with Crippen LogP contribution in [0.5, 0.6) is 0 Å². The Hall–Kier alpha value is -2.95. The van der Waals surface area contributed by atoms with Crippen LogP contribution in [0.3, 0.4) is 0 Å². The standard InChI is InChI=1S/C25H25NO4/c1-13(2)12-18(25(29)30-3)26-23(27)21-19-14-8-4-5-9-15(14)20(22(21)24(26)28)17-11-7-6-10-16(17)19/h4-11,13,18-22H,12H2,1-3H3/t18-,19?,20?,21+,22+/m1/s1. The monoisotopic (exact) mass is 403 g/mol. The van der Waals surface area contributed by atoms with Crippen molar-refractivity contribution in [2.45, 2.75) is 38.1 Å². The minimum Gasteiger partial charge on any atom is -0.467 e. The summed E-state index contributed by atoms with van der Waals surface area (Å²) in [5, 5.41) is 0. The normalized spacial score (nSPS) is 27.0. The molecular formula is C25H25NO4. The van der Waals surface area contributed by atoms with Crippen molar-refractivity contribution in [3.8, 4) is 0 Å². The van der Waals surface area contributed by atoms with Gasteiger partial charge in [0.05, 0.1) is 18.9 Å². The number of benzene rings is 2. The first-order valence-corrected chi connectivity index (χ1v) is 10.6. The van der Waals surface area contributed by atoms with Gasteiger partial charge in [-0.05, 0) is 34.6 Å². The zero-order valence-corrected chi connectivity index (χ0v) is 17.4. The highest BCUT2D eigenvalue weighted by Crippen LogP contribution is 2.61. The minimum absolute atomic E-state index is 0.142. The summed E-state index contributed by atoms with van der Waals surface area (Å²) in [7, 11) is 1.31. The van der Waals surface area contributed by atoms with Crippen LogP contribution in [0.15, 0.2) is 48.5 Å². The Bertz CT molecular complexity index is 943. The van der Waals surface area contributed by atoms with Gasteiger partial charge in [0, 0.05) is 11.8 Å². The molecule has 0 saturated carbocycles. The van der Waals surface area contributed by atoms with Gasteiger partial charge in [0.25, 0.3) is 0 Å². The fraction of sp³-hybridized carbons (Fsp3) is 0.400. The molecule has 5 nitrogen and oxygen atoms in total. The van der Waals surface area contributed by atoms with Gasteiger partial charge in [0.15, 0.2) is 0 Å². The number of amides is 2. The highest BCUT2D eigenvalue weighted by Gasteiger charge is 2.63. The molecule has 1 aliphatic heterocycles.